The molecule has 6 aromatic rings. The van der Waals surface area contributed by atoms with Crippen LogP contribution in [0, 0.1) is 0 Å². The number of rotatable bonds is 1. The lowest BCUT2D eigenvalue weighted by Crippen LogP contribution is -1.93. The van der Waals surface area contributed by atoms with E-state index in [1.54, 1.807) is 0 Å². The van der Waals surface area contributed by atoms with Crippen LogP contribution in [-0.2, 0) is 0 Å². The van der Waals surface area contributed by atoms with Gasteiger partial charge in [-0.15, -0.1) is 11.3 Å². The van der Waals surface area contributed by atoms with Gasteiger partial charge in [-0.1, -0.05) is 36.4 Å². The summed E-state index contributed by atoms with van der Waals surface area (Å²) in [5.74, 6) is 0. The molecule has 3 aromatic heterocycles. The van der Waals surface area contributed by atoms with Gasteiger partial charge in [0.25, 0.3) is 0 Å². The third-order valence-electron chi connectivity index (χ3n) is 4.66. The maximum absolute atomic E-state index is 4.44. The fourth-order valence-electron chi connectivity index (χ4n) is 3.59. The molecule has 0 spiro atoms. The average Bonchev–Trinajstić information content (AvgIpc) is 3.33. The third-order valence-corrected chi connectivity index (χ3v) is 6.41. The Hall–Kier alpha value is -2.76. The predicted octanol–water partition coefficient (Wildman–Crippen LogP) is 6.00. The molecule has 25 heavy (non-hydrogen) atoms. The van der Waals surface area contributed by atoms with Gasteiger partial charge < -0.3 is 4.57 Å². The zero-order valence-electron chi connectivity index (χ0n) is 13.0. The smallest absolute Gasteiger partial charge is 0.106 e. The summed E-state index contributed by atoms with van der Waals surface area (Å²) >= 11 is 3.13. The van der Waals surface area contributed by atoms with E-state index >= 15 is 0 Å². The molecule has 3 heterocycles. The van der Waals surface area contributed by atoms with Crippen LogP contribution >= 0.6 is 23.1 Å². The molecule has 0 aliphatic rings. The highest BCUT2D eigenvalue weighted by Crippen LogP contribution is 2.43. The zero-order valence-corrected chi connectivity index (χ0v) is 14.6. The normalized spacial score (nSPS) is 12.0. The minimum absolute atomic E-state index is 0.962. The van der Waals surface area contributed by atoms with E-state index in [-0.39, 0.29) is 0 Å². The average molecular weight is 357 g/mol. The van der Waals surface area contributed by atoms with Crippen molar-refractivity contribution in [3.05, 3.63) is 66.7 Å². The topological polar surface area (TPSA) is 30.7 Å². The largest absolute Gasteiger partial charge is 0.308 e. The fraction of sp³-hybridized carbons (Fsp3) is 0. The van der Waals surface area contributed by atoms with Gasteiger partial charge >= 0.3 is 0 Å². The van der Waals surface area contributed by atoms with Crippen molar-refractivity contribution < 1.29 is 0 Å². The van der Waals surface area contributed by atoms with E-state index in [0.717, 1.165) is 11.0 Å². The maximum atomic E-state index is 4.44. The Bertz CT molecular complexity index is 1390. The first-order valence-electron chi connectivity index (χ1n) is 8.03. The van der Waals surface area contributed by atoms with Crippen molar-refractivity contribution in [1.29, 1.82) is 0 Å². The molecular formula is C20H11N3S2. The van der Waals surface area contributed by atoms with Crippen LogP contribution in [-0.4, -0.2) is 13.3 Å². The standard InChI is InChI=1S/C20H11N3S2/c1-2-6-12(7-3-1)23-17-11-16-15(21-25-22-16)10-14(17)20-19(23)13-8-4-5-9-18(13)24-20/h1-11H. The summed E-state index contributed by atoms with van der Waals surface area (Å²) in [7, 11) is 0. The van der Waals surface area contributed by atoms with Crippen molar-refractivity contribution in [1.82, 2.24) is 13.3 Å². The van der Waals surface area contributed by atoms with Crippen LogP contribution in [0.3, 0.4) is 0 Å². The summed E-state index contributed by atoms with van der Waals surface area (Å²) in [5.41, 5.74) is 5.58. The maximum Gasteiger partial charge on any atom is 0.106 e. The quantitative estimate of drug-likeness (QED) is 0.361. The molecule has 0 amide bonds. The number of aromatic nitrogens is 3. The number of thiophene rings is 1. The number of nitrogens with zero attached hydrogens (tertiary/aromatic N) is 3. The van der Waals surface area contributed by atoms with Gasteiger partial charge in [0.05, 0.1) is 27.5 Å². The first-order valence-corrected chi connectivity index (χ1v) is 9.58. The highest BCUT2D eigenvalue weighted by molar-refractivity contribution is 7.26. The van der Waals surface area contributed by atoms with Crippen LogP contribution in [0.15, 0.2) is 66.7 Å². The zero-order chi connectivity index (χ0) is 16.4. The van der Waals surface area contributed by atoms with E-state index in [1.807, 2.05) is 11.3 Å². The summed E-state index contributed by atoms with van der Waals surface area (Å²) in [6, 6.07) is 23.5. The Morgan fingerprint density at radius 1 is 0.760 bits per heavy atom. The van der Waals surface area contributed by atoms with Crippen molar-refractivity contribution in [3.8, 4) is 5.69 Å². The monoisotopic (exact) mass is 357 g/mol. The van der Waals surface area contributed by atoms with Crippen LogP contribution in [0.25, 0.3) is 47.9 Å². The summed E-state index contributed by atoms with van der Waals surface area (Å²) in [5, 5.41) is 2.55. The SMILES string of the molecule is c1ccc(-n2c3cc4nsnc4cc3c3sc4ccccc4c32)cc1. The minimum Gasteiger partial charge on any atom is -0.308 e. The Morgan fingerprint density at radius 2 is 1.52 bits per heavy atom. The minimum atomic E-state index is 0.962. The molecule has 0 N–H and O–H groups in total. The van der Waals surface area contributed by atoms with E-state index in [0.29, 0.717) is 0 Å². The van der Waals surface area contributed by atoms with E-state index < -0.39 is 0 Å². The number of para-hydroxylation sites is 1. The van der Waals surface area contributed by atoms with Crippen LogP contribution in [0.2, 0.25) is 0 Å². The summed E-state index contributed by atoms with van der Waals surface area (Å²) in [6.07, 6.45) is 0. The molecule has 5 heteroatoms. The van der Waals surface area contributed by atoms with Gasteiger partial charge in [-0.3, -0.25) is 0 Å². The van der Waals surface area contributed by atoms with E-state index in [2.05, 4.69) is 80.0 Å². The molecule has 0 radical (unpaired) electrons. The van der Waals surface area contributed by atoms with E-state index in [4.69, 9.17) is 0 Å². The molecule has 0 fully saturated rings. The lowest BCUT2D eigenvalue weighted by molar-refractivity contribution is 1.19. The fourth-order valence-corrected chi connectivity index (χ4v) is 5.31. The van der Waals surface area contributed by atoms with Crippen LogP contribution in [0.5, 0.6) is 0 Å². The van der Waals surface area contributed by atoms with Crippen LogP contribution in [0.4, 0.5) is 0 Å². The molecule has 0 aliphatic carbocycles. The Labute approximate surface area is 151 Å². The molecule has 118 valence electrons. The third kappa shape index (κ3) is 1.79. The summed E-state index contributed by atoms with van der Waals surface area (Å²) in [6.45, 7) is 0. The van der Waals surface area contributed by atoms with Crippen molar-refractivity contribution in [3.63, 3.8) is 0 Å². The lowest BCUT2D eigenvalue weighted by Gasteiger charge is -2.07. The van der Waals surface area contributed by atoms with Gasteiger partial charge in [0.2, 0.25) is 0 Å². The molecule has 0 bridgehead atoms. The second-order valence-electron chi connectivity index (χ2n) is 6.07. The highest BCUT2D eigenvalue weighted by Gasteiger charge is 2.18. The highest BCUT2D eigenvalue weighted by atomic mass is 32.1. The van der Waals surface area contributed by atoms with Crippen molar-refractivity contribution in [2.24, 2.45) is 0 Å². The van der Waals surface area contributed by atoms with Gasteiger partial charge in [-0.2, -0.15) is 8.75 Å². The number of hydrogen-bond donors (Lipinski definition) is 0. The molecule has 0 saturated heterocycles. The van der Waals surface area contributed by atoms with Gasteiger partial charge in [-0.25, -0.2) is 0 Å². The Kier molecular flexibility index (Phi) is 2.64. The van der Waals surface area contributed by atoms with Crippen LogP contribution in [0.1, 0.15) is 0 Å². The first kappa shape index (κ1) is 13.5. The second kappa shape index (κ2) is 4.88. The van der Waals surface area contributed by atoms with Crippen molar-refractivity contribution in [2.75, 3.05) is 0 Å². The van der Waals surface area contributed by atoms with E-state index in [9.17, 15) is 0 Å². The molecule has 0 aliphatic heterocycles. The molecule has 6 rings (SSSR count). The molecule has 0 saturated carbocycles. The lowest BCUT2D eigenvalue weighted by atomic mass is 10.2. The predicted molar refractivity (Wildman–Crippen MR) is 107 cm³/mol. The van der Waals surface area contributed by atoms with Gasteiger partial charge in [0, 0.05) is 21.2 Å². The van der Waals surface area contributed by atoms with Gasteiger partial charge in [0.15, 0.2) is 0 Å². The molecule has 3 nitrogen and oxygen atoms in total. The molecule has 3 aromatic carbocycles. The molecule has 0 atom stereocenters. The molecule has 0 unspecified atom stereocenters. The first-order chi connectivity index (χ1) is 12.4. The van der Waals surface area contributed by atoms with Gasteiger partial charge in [-0.05, 0) is 30.3 Å². The Morgan fingerprint density at radius 3 is 2.40 bits per heavy atom. The molecular weight excluding hydrogens is 346 g/mol. The Balaban J connectivity index is 1.92. The number of fused-ring (bicyclic) bond motifs is 6. The van der Waals surface area contributed by atoms with Crippen LogP contribution < -0.4 is 0 Å². The number of benzene rings is 3. The summed E-state index contributed by atoms with van der Waals surface area (Å²) < 4.78 is 13.9. The number of hydrogen-bond acceptors (Lipinski definition) is 4. The van der Waals surface area contributed by atoms with Crippen molar-refractivity contribution >= 4 is 65.3 Å². The van der Waals surface area contributed by atoms with Gasteiger partial charge in [0.1, 0.15) is 11.0 Å². The van der Waals surface area contributed by atoms with Crippen molar-refractivity contribution in [2.45, 2.75) is 0 Å². The van der Waals surface area contributed by atoms with E-state index in [1.165, 1.54) is 48.6 Å². The summed E-state index contributed by atoms with van der Waals surface area (Å²) in [4.78, 5) is 0. The second-order valence-corrected chi connectivity index (χ2v) is 7.65.